The molecule has 3 heteroatoms. The maximum absolute atomic E-state index is 12.2. The Balaban J connectivity index is 2.55. The van der Waals surface area contributed by atoms with Crippen molar-refractivity contribution in [3.8, 4) is 0 Å². The summed E-state index contributed by atoms with van der Waals surface area (Å²) in [6.45, 7) is 5.28. The third-order valence-corrected chi connectivity index (χ3v) is 4.34. The van der Waals surface area contributed by atoms with Gasteiger partial charge in [-0.3, -0.25) is 4.79 Å². The van der Waals surface area contributed by atoms with Gasteiger partial charge in [0.05, 0.1) is 0 Å². The van der Waals surface area contributed by atoms with Crippen molar-refractivity contribution in [1.82, 2.24) is 4.90 Å². The summed E-state index contributed by atoms with van der Waals surface area (Å²) in [5, 5.41) is 0.930. The molecule has 1 aliphatic rings. The Labute approximate surface area is 108 Å². The Morgan fingerprint density at radius 1 is 1.44 bits per heavy atom. The zero-order valence-corrected chi connectivity index (χ0v) is 12.1. The van der Waals surface area contributed by atoms with Crippen molar-refractivity contribution in [3.63, 3.8) is 0 Å². The van der Waals surface area contributed by atoms with Crippen LogP contribution in [0.25, 0.3) is 0 Å². The number of likely N-dealkylation sites (tertiary alicyclic amines) is 1. The van der Waals surface area contributed by atoms with E-state index in [2.05, 4.69) is 34.7 Å². The van der Waals surface area contributed by atoms with Crippen LogP contribution in [-0.2, 0) is 4.79 Å². The Morgan fingerprint density at radius 3 is 2.81 bits per heavy atom. The minimum absolute atomic E-state index is 0.362. The summed E-state index contributed by atoms with van der Waals surface area (Å²) in [5.74, 6) is 0.882. The van der Waals surface area contributed by atoms with Crippen LogP contribution in [0.5, 0.6) is 0 Å². The number of carbonyl (C=O) groups is 1. The molecule has 0 bridgehead atoms. The molecule has 1 amide bonds. The van der Waals surface area contributed by atoms with Gasteiger partial charge in [-0.2, -0.15) is 0 Å². The first kappa shape index (κ1) is 14.0. The number of nitrogens with zero attached hydrogens (tertiary/aromatic N) is 1. The molecule has 94 valence electrons. The Morgan fingerprint density at radius 2 is 2.19 bits per heavy atom. The third kappa shape index (κ3) is 4.08. The van der Waals surface area contributed by atoms with Gasteiger partial charge in [0.2, 0.25) is 5.91 Å². The van der Waals surface area contributed by atoms with Gasteiger partial charge in [0, 0.05) is 24.3 Å². The number of amides is 1. The second-order valence-corrected chi connectivity index (χ2v) is 5.61. The average molecular weight is 290 g/mol. The molecule has 2 nitrogen and oxygen atoms in total. The normalized spacial score (nSPS) is 23.9. The van der Waals surface area contributed by atoms with Crippen molar-refractivity contribution in [2.75, 3.05) is 11.9 Å². The molecule has 0 aromatic carbocycles. The fourth-order valence-corrected chi connectivity index (χ4v) is 2.90. The molecule has 0 spiro atoms. The highest BCUT2D eigenvalue weighted by Gasteiger charge is 2.24. The minimum Gasteiger partial charge on any atom is -0.339 e. The van der Waals surface area contributed by atoms with Gasteiger partial charge in [0.25, 0.3) is 0 Å². The highest BCUT2D eigenvalue weighted by atomic mass is 79.9. The lowest BCUT2D eigenvalue weighted by Gasteiger charge is -2.29. The molecule has 16 heavy (non-hydrogen) atoms. The highest BCUT2D eigenvalue weighted by Crippen LogP contribution is 2.20. The van der Waals surface area contributed by atoms with E-state index in [4.69, 9.17) is 0 Å². The molecule has 0 N–H and O–H groups in total. The Bertz CT molecular complexity index is 220. The van der Waals surface area contributed by atoms with Crippen molar-refractivity contribution in [2.45, 2.75) is 58.4 Å². The van der Waals surface area contributed by atoms with Gasteiger partial charge < -0.3 is 4.90 Å². The van der Waals surface area contributed by atoms with E-state index in [1.165, 1.54) is 19.3 Å². The molecule has 1 rings (SSSR count). The highest BCUT2D eigenvalue weighted by molar-refractivity contribution is 9.09. The smallest absolute Gasteiger partial charge is 0.223 e. The first-order valence-electron chi connectivity index (χ1n) is 6.54. The van der Waals surface area contributed by atoms with Crippen LogP contribution < -0.4 is 0 Å². The fourth-order valence-electron chi connectivity index (χ4n) is 2.23. The molecular formula is C13H24BrNO. The van der Waals surface area contributed by atoms with Crippen LogP contribution in [0.3, 0.4) is 0 Å². The van der Waals surface area contributed by atoms with E-state index >= 15 is 0 Å². The van der Waals surface area contributed by atoms with E-state index in [0.717, 1.165) is 31.1 Å². The molecule has 0 saturated carbocycles. The second kappa shape index (κ2) is 7.31. The number of alkyl halides is 1. The molecule has 0 aromatic rings. The van der Waals surface area contributed by atoms with Gasteiger partial charge in [-0.25, -0.2) is 0 Å². The maximum atomic E-state index is 12.2. The molecule has 2 atom stereocenters. The molecule has 2 unspecified atom stereocenters. The SMILES string of the molecule is CCC(C)CC(=O)N1CCCCCC1CBr. The van der Waals surface area contributed by atoms with E-state index in [9.17, 15) is 4.79 Å². The average Bonchev–Trinajstić information content (AvgIpc) is 2.53. The van der Waals surface area contributed by atoms with Gasteiger partial charge in [-0.1, -0.05) is 49.0 Å². The van der Waals surface area contributed by atoms with Crippen LogP contribution >= 0.6 is 15.9 Å². The molecule has 0 aromatic heterocycles. The molecule has 1 fully saturated rings. The summed E-state index contributed by atoms with van der Waals surface area (Å²) < 4.78 is 0. The van der Waals surface area contributed by atoms with Gasteiger partial charge >= 0.3 is 0 Å². The Kier molecular flexibility index (Phi) is 6.40. The van der Waals surface area contributed by atoms with Gasteiger partial charge in [-0.15, -0.1) is 0 Å². The quantitative estimate of drug-likeness (QED) is 0.725. The molecule has 0 aliphatic carbocycles. The van der Waals surface area contributed by atoms with E-state index < -0.39 is 0 Å². The number of carbonyl (C=O) groups excluding carboxylic acids is 1. The van der Waals surface area contributed by atoms with Crippen molar-refractivity contribution in [3.05, 3.63) is 0 Å². The second-order valence-electron chi connectivity index (χ2n) is 4.96. The standard InChI is InChI=1S/C13H24BrNO/c1-3-11(2)9-13(16)15-8-6-4-5-7-12(15)10-14/h11-12H,3-10H2,1-2H3. The van der Waals surface area contributed by atoms with Gasteiger partial charge in [0.1, 0.15) is 0 Å². The predicted octanol–water partition coefficient (Wildman–Crippen LogP) is 3.59. The maximum Gasteiger partial charge on any atom is 0.223 e. The number of halogens is 1. The zero-order valence-electron chi connectivity index (χ0n) is 10.5. The van der Waals surface area contributed by atoms with Crippen LogP contribution in [0.1, 0.15) is 52.4 Å². The summed E-state index contributed by atoms with van der Waals surface area (Å²) in [5.41, 5.74) is 0. The summed E-state index contributed by atoms with van der Waals surface area (Å²) >= 11 is 3.54. The summed E-state index contributed by atoms with van der Waals surface area (Å²) in [7, 11) is 0. The van der Waals surface area contributed by atoms with Gasteiger partial charge in [-0.05, 0) is 18.8 Å². The lowest BCUT2D eigenvalue weighted by molar-refractivity contribution is -0.133. The summed E-state index contributed by atoms with van der Waals surface area (Å²) in [6, 6.07) is 0.430. The molecule has 1 saturated heterocycles. The van der Waals surface area contributed by atoms with E-state index in [1.807, 2.05) is 0 Å². The van der Waals surface area contributed by atoms with E-state index in [0.29, 0.717) is 17.9 Å². The van der Waals surface area contributed by atoms with Crippen LogP contribution in [0.15, 0.2) is 0 Å². The van der Waals surface area contributed by atoms with Crippen LogP contribution in [0, 0.1) is 5.92 Å². The number of hydrogen-bond acceptors (Lipinski definition) is 1. The molecular weight excluding hydrogens is 266 g/mol. The van der Waals surface area contributed by atoms with Crippen molar-refractivity contribution in [1.29, 1.82) is 0 Å². The first-order chi connectivity index (χ1) is 7.69. The van der Waals surface area contributed by atoms with Gasteiger partial charge in [0.15, 0.2) is 0 Å². The number of hydrogen-bond donors (Lipinski definition) is 0. The topological polar surface area (TPSA) is 20.3 Å². The Hall–Kier alpha value is -0.0500. The molecule has 1 heterocycles. The zero-order chi connectivity index (χ0) is 12.0. The third-order valence-electron chi connectivity index (χ3n) is 3.60. The summed E-state index contributed by atoms with van der Waals surface area (Å²) in [6.07, 6.45) is 6.70. The number of rotatable bonds is 4. The van der Waals surface area contributed by atoms with Crippen molar-refractivity contribution < 1.29 is 4.79 Å². The lowest BCUT2D eigenvalue weighted by atomic mass is 10.0. The predicted molar refractivity (Wildman–Crippen MR) is 71.8 cm³/mol. The van der Waals surface area contributed by atoms with Crippen molar-refractivity contribution >= 4 is 21.8 Å². The van der Waals surface area contributed by atoms with Crippen molar-refractivity contribution in [2.24, 2.45) is 5.92 Å². The van der Waals surface area contributed by atoms with Crippen LogP contribution in [0.4, 0.5) is 0 Å². The monoisotopic (exact) mass is 289 g/mol. The molecule has 1 aliphatic heterocycles. The summed E-state index contributed by atoms with van der Waals surface area (Å²) in [4.78, 5) is 14.3. The van der Waals surface area contributed by atoms with Crippen LogP contribution in [-0.4, -0.2) is 28.7 Å². The first-order valence-corrected chi connectivity index (χ1v) is 7.66. The lowest BCUT2D eigenvalue weighted by Crippen LogP contribution is -2.41. The largest absolute Gasteiger partial charge is 0.339 e. The fraction of sp³-hybridized carbons (Fsp3) is 0.923. The van der Waals surface area contributed by atoms with E-state index in [-0.39, 0.29) is 0 Å². The van der Waals surface area contributed by atoms with E-state index in [1.54, 1.807) is 0 Å². The molecule has 0 radical (unpaired) electrons. The van der Waals surface area contributed by atoms with Crippen LogP contribution in [0.2, 0.25) is 0 Å². The minimum atomic E-state index is 0.362.